The third kappa shape index (κ3) is 5.65. The van der Waals surface area contributed by atoms with Gasteiger partial charge in [0.25, 0.3) is 11.5 Å². The van der Waals surface area contributed by atoms with E-state index in [1.807, 2.05) is 12.1 Å². The van der Waals surface area contributed by atoms with Crippen molar-refractivity contribution in [1.29, 1.82) is 0 Å². The molecule has 0 aliphatic carbocycles. The molecular formula is C25H24BrN3O4S. The summed E-state index contributed by atoms with van der Waals surface area (Å²) in [6.45, 7) is 5.17. The van der Waals surface area contributed by atoms with Crippen LogP contribution in [0.2, 0.25) is 0 Å². The molecule has 1 aliphatic heterocycles. The highest BCUT2D eigenvalue weighted by molar-refractivity contribution is 9.10. The van der Waals surface area contributed by atoms with E-state index < -0.39 is 0 Å². The summed E-state index contributed by atoms with van der Waals surface area (Å²) in [7, 11) is 0. The summed E-state index contributed by atoms with van der Waals surface area (Å²) in [5, 5.41) is 3.69. The first kappa shape index (κ1) is 24.4. The minimum absolute atomic E-state index is 0.0416. The standard InChI is InChI=1S/C25H24BrN3O4S/c1-2-11-29-24(32)20-10-7-17(23(31)27-14-19-4-3-12-33-19)13-21(20)28-25(29)34-15-22(30)16-5-8-18(26)9-6-16/h2,5-10,13,19H,1,3-4,11-12,14-15H2,(H,27,31)/t19-/m1/s1. The molecule has 0 unspecified atom stereocenters. The largest absolute Gasteiger partial charge is 0.376 e. The molecule has 1 amide bonds. The lowest BCUT2D eigenvalue weighted by molar-refractivity contribution is 0.0857. The van der Waals surface area contributed by atoms with Crippen LogP contribution in [-0.4, -0.2) is 46.2 Å². The number of carbonyl (C=O) groups excluding carboxylic acids is 2. The fraction of sp³-hybridized carbons (Fsp3) is 0.280. The zero-order chi connectivity index (χ0) is 24.1. The van der Waals surface area contributed by atoms with Crippen LogP contribution in [-0.2, 0) is 11.3 Å². The number of benzene rings is 2. The smallest absolute Gasteiger partial charge is 0.262 e. The van der Waals surface area contributed by atoms with Crippen molar-refractivity contribution in [2.75, 3.05) is 18.9 Å². The molecule has 1 atom stereocenters. The molecule has 1 fully saturated rings. The number of nitrogens with zero attached hydrogens (tertiary/aromatic N) is 2. The normalized spacial score (nSPS) is 15.4. The Morgan fingerprint density at radius 3 is 2.71 bits per heavy atom. The van der Waals surface area contributed by atoms with Gasteiger partial charge in [0.05, 0.1) is 22.8 Å². The minimum Gasteiger partial charge on any atom is -0.376 e. The van der Waals surface area contributed by atoms with Crippen LogP contribution in [0.4, 0.5) is 0 Å². The molecule has 0 spiro atoms. The van der Waals surface area contributed by atoms with E-state index in [9.17, 15) is 14.4 Å². The van der Waals surface area contributed by atoms with Gasteiger partial charge in [-0.2, -0.15) is 0 Å². The van der Waals surface area contributed by atoms with Crippen molar-refractivity contribution in [2.45, 2.75) is 30.6 Å². The van der Waals surface area contributed by atoms with Crippen molar-refractivity contribution >= 4 is 50.3 Å². The molecule has 176 valence electrons. The van der Waals surface area contributed by atoms with Crippen LogP contribution in [0.1, 0.15) is 33.6 Å². The monoisotopic (exact) mass is 541 g/mol. The van der Waals surface area contributed by atoms with Crippen molar-refractivity contribution in [3.8, 4) is 0 Å². The molecule has 1 N–H and O–H groups in total. The molecule has 1 saturated heterocycles. The first-order valence-corrected chi connectivity index (χ1v) is 12.7. The van der Waals surface area contributed by atoms with Gasteiger partial charge in [0, 0.05) is 35.3 Å². The van der Waals surface area contributed by atoms with Gasteiger partial charge in [-0.05, 0) is 43.2 Å². The van der Waals surface area contributed by atoms with Gasteiger partial charge in [-0.25, -0.2) is 4.98 Å². The fourth-order valence-electron chi connectivity index (χ4n) is 3.71. The Balaban J connectivity index is 1.57. The Morgan fingerprint density at radius 1 is 1.24 bits per heavy atom. The second-order valence-electron chi connectivity index (χ2n) is 7.89. The number of Topliss-reactive ketones (excluding diaryl/α,β-unsaturated/α-hetero) is 1. The average molecular weight is 542 g/mol. The SMILES string of the molecule is C=CCn1c(SCC(=O)c2ccc(Br)cc2)nc2cc(C(=O)NC[C@H]3CCCO3)ccc2c1=O. The fourth-order valence-corrected chi connectivity index (χ4v) is 4.87. The maximum Gasteiger partial charge on any atom is 0.262 e. The number of ketones is 1. The van der Waals surface area contributed by atoms with Crippen LogP contribution in [0.25, 0.3) is 10.9 Å². The zero-order valence-electron chi connectivity index (χ0n) is 18.5. The summed E-state index contributed by atoms with van der Waals surface area (Å²) in [6, 6.07) is 12.0. The lowest BCUT2D eigenvalue weighted by Crippen LogP contribution is -2.31. The van der Waals surface area contributed by atoms with Crippen LogP contribution in [0.5, 0.6) is 0 Å². The van der Waals surface area contributed by atoms with Gasteiger partial charge in [0.1, 0.15) is 0 Å². The maximum atomic E-state index is 13.1. The zero-order valence-corrected chi connectivity index (χ0v) is 20.9. The molecule has 3 aromatic rings. The number of rotatable bonds is 9. The van der Waals surface area contributed by atoms with Gasteiger partial charge in [0.15, 0.2) is 10.9 Å². The van der Waals surface area contributed by atoms with Crippen LogP contribution >= 0.6 is 27.7 Å². The Kier molecular flexibility index (Phi) is 7.97. The maximum absolute atomic E-state index is 13.1. The Hall–Kier alpha value is -2.75. The third-order valence-corrected chi connectivity index (χ3v) is 7.01. The highest BCUT2D eigenvalue weighted by Gasteiger charge is 2.18. The highest BCUT2D eigenvalue weighted by Crippen LogP contribution is 2.21. The van der Waals surface area contributed by atoms with Gasteiger partial charge in [-0.3, -0.25) is 19.0 Å². The van der Waals surface area contributed by atoms with Gasteiger partial charge in [-0.1, -0.05) is 45.9 Å². The molecular weight excluding hydrogens is 518 g/mol. The Labute approximate surface area is 209 Å². The third-order valence-electron chi connectivity index (χ3n) is 5.51. The quantitative estimate of drug-likeness (QED) is 0.189. The summed E-state index contributed by atoms with van der Waals surface area (Å²) in [6.07, 6.45) is 3.59. The van der Waals surface area contributed by atoms with E-state index in [2.05, 4.69) is 32.8 Å². The average Bonchev–Trinajstić information content (AvgIpc) is 3.37. The minimum atomic E-state index is -0.242. The molecule has 4 rings (SSSR count). The topological polar surface area (TPSA) is 90.3 Å². The molecule has 9 heteroatoms. The van der Waals surface area contributed by atoms with Crippen molar-refractivity contribution in [2.24, 2.45) is 0 Å². The highest BCUT2D eigenvalue weighted by atomic mass is 79.9. The van der Waals surface area contributed by atoms with Crippen molar-refractivity contribution in [3.05, 3.63) is 81.1 Å². The number of aromatic nitrogens is 2. The first-order chi connectivity index (χ1) is 16.5. The number of halogens is 1. The van der Waals surface area contributed by atoms with Crippen molar-refractivity contribution in [3.63, 3.8) is 0 Å². The summed E-state index contributed by atoms with van der Waals surface area (Å²) < 4.78 is 7.93. The molecule has 7 nitrogen and oxygen atoms in total. The molecule has 2 heterocycles. The lowest BCUT2D eigenvalue weighted by Gasteiger charge is -2.13. The summed E-state index contributed by atoms with van der Waals surface area (Å²) in [5.41, 5.74) is 1.17. The first-order valence-electron chi connectivity index (χ1n) is 10.9. The van der Waals surface area contributed by atoms with Gasteiger partial charge in [0.2, 0.25) is 0 Å². The van der Waals surface area contributed by atoms with Gasteiger partial charge < -0.3 is 10.1 Å². The Morgan fingerprint density at radius 2 is 2.00 bits per heavy atom. The van der Waals surface area contributed by atoms with Gasteiger partial charge >= 0.3 is 0 Å². The lowest BCUT2D eigenvalue weighted by atomic mass is 10.1. The number of hydrogen-bond donors (Lipinski definition) is 1. The van der Waals surface area contributed by atoms with Crippen LogP contribution in [0, 0.1) is 0 Å². The van der Waals surface area contributed by atoms with E-state index >= 15 is 0 Å². The summed E-state index contributed by atoms with van der Waals surface area (Å²) >= 11 is 4.55. The van der Waals surface area contributed by atoms with Crippen LogP contribution in [0.15, 0.2) is 69.5 Å². The predicted molar refractivity (Wildman–Crippen MR) is 137 cm³/mol. The predicted octanol–water partition coefficient (Wildman–Crippen LogP) is 4.23. The van der Waals surface area contributed by atoms with Crippen molar-refractivity contribution in [1.82, 2.24) is 14.9 Å². The number of carbonyl (C=O) groups is 2. The van der Waals surface area contributed by atoms with E-state index in [1.54, 1.807) is 36.4 Å². The van der Waals surface area contributed by atoms with Crippen molar-refractivity contribution < 1.29 is 14.3 Å². The second-order valence-corrected chi connectivity index (χ2v) is 9.75. The van der Waals surface area contributed by atoms with E-state index in [0.717, 1.165) is 23.9 Å². The van der Waals surface area contributed by atoms with E-state index in [0.29, 0.717) is 33.7 Å². The number of nitrogens with one attached hydrogen (secondary N) is 1. The number of allylic oxidation sites excluding steroid dienone is 1. The second kappa shape index (κ2) is 11.1. The van der Waals surface area contributed by atoms with E-state index in [1.165, 1.54) is 16.3 Å². The molecule has 2 aromatic carbocycles. The summed E-state index contributed by atoms with van der Waals surface area (Å²) in [4.78, 5) is 43.0. The molecule has 0 radical (unpaired) electrons. The molecule has 1 aliphatic rings. The number of amides is 1. The molecule has 0 bridgehead atoms. The summed E-state index contributed by atoms with van der Waals surface area (Å²) in [5.74, 6) is -0.188. The molecule has 34 heavy (non-hydrogen) atoms. The molecule has 1 aromatic heterocycles. The number of hydrogen-bond acceptors (Lipinski definition) is 6. The Bertz CT molecular complexity index is 1280. The van der Waals surface area contributed by atoms with Crippen LogP contribution < -0.4 is 10.9 Å². The number of ether oxygens (including phenoxy) is 1. The van der Waals surface area contributed by atoms with Gasteiger partial charge in [-0.15, -0.1) is 6.58 Å². The number of fused-ring (bicyclic) bond motifs is 1. The van der Waals surface area contributed by atoms with E-state index in [-0.39, 0.29) is 35.7 Å². The number of thioether (sulfide) groups is 1. The molecule has 0 saturated carbocycles. The van der Waals surface area contributed by atoms with E-state index in [4.69, 9.17) is 4.74 Å². The van der Waals surface area contributed by atoms with Crippen LogP contribution in [0.3, 0.4) is 0 Å².